The highest BCUT2D eigenvalue weighted by atomic mass is 16.5. The first-order valence-corrected chi connectivity index (χ1v) is 10.8. The molecule has 2 N–H and O–H groups in total. The summed E-state index contributed by atoms with van der Waals surface area (Å²) in [5.74, 6) is 0.405. The molecule has 3 rings (SSSR count). The van der Waals surface area contributed by atoms with E-state index in [1.807, 2.05) is 32.9 Å². The van der Waals surface area contributed by atoms with Crippen LogP contribution in [0.4, 0.5) is 10.5 Å². The van der Waals surface area contributed by atoms with Crippen LogP contribution in [-0.2, 0) is 9.53 Å². The minimum atomic E-state index is -0.507. The second-order valence-corrected chi connectivity index (χ2v) is 8.39. The van der Waals surface area contributed by atoms with Crippen LogP contribution in [0, 0.1) is 5.92 Å². The van der Waals surface area contributed by atoms with Crippen LogP contribution < -0.4 is 15.5 Å². The SMILES string of the molecule is CCCC1=C(C(=O)OC(C)C)C(c2ccc(N3CCC(C)CC3)cc2)NC(=O)N1. The maximum Gasteiger partial charge on any atom is 0.338 e. The van der Waals surface area contributed by atoms with Gasteiger partial charge in [0.15, 0.2) is 0 Å². The zero-order valence-electron chi connectivity index (χ0n) is 18.0. The minimum absolute atomic E-state index is 0.222. The van der Waals surface area contributed by atoms with Crippen molar-refractivity contribution in [2.45, 2.75) is 65.5 Å². The number of rotatable bonds is 6. The molecule has 0 aliphatic carbocycles. The molecule has 1 unspecified atom stereocenters. The molecule has 0 saturated carbocycles. The smallest absolute Gasteiger partial charge is 0.338 e. The fourth-order valence-electron chi connectivity index (χ4n) is 3.98. The van der Waals surface area contributed by atoms with Crippen LogP contribution in [0.2, 0.25) is 0 Å². The summed E-state index contributed by atoms with van der Waals surface area (Å²) in [5, 5.41) is 5.72. The first kappa shape index (κ1) is 21.2. The molecule has 1 aromatic rings. The molecule has 2 heterocycles. The summed E-state index contributed by atoms with van der Waals surface area (Å²) in [6, 6.07) is 7.40. The Bertz CT molecular complexity index is 762. The lowest BCUT2D eigenvalue weighted by Crippen LogP contribution is -2.46. The number of carbonyl (C=O) groups is 2. The second-order valence-electron chi connectivity index (χ2n) is 8.39. The van der Waals surface area contributed by atoms with Crippen molar-refractivity contribution in [3.05, 3.63) is 41.1 Å². The van der Waals surface area contributed by atoms with Crippen molar-refractivity contribution in [3.63, 3.8) is 0 Å². The van der Waals surface area contributed by atoms with Crippen LogP contribution in [0.1, 0.15) is 65.0 Å². The van der Waals surface area contributed by atoms with E-state index in [-0.39, 0.29) is 18.1 Å². The van der Waals surface area contributed by atoms with Crippen LogP contribution >= 0.6 is 0 Å². The van der Waals surface area contributed by atoms with E-state index in [1.165, 1.54) is 18.5 Å². The van der Waals surface area contributed by atoms with Gasteiger partial charge in [0.1, 0.15) is 0 Å². The zero-order chi connectivity index (χ0) is 21.0. The number of hydrogen-bond acceptors (Lipinski definition) is 4. The van der Waals surface area contributed by atoms with Gasteiger partial charge in [-0.1, -0.05) is 32.4 Å². The average molecular weight is 400 g/mol. The zero-order valence-corrected chi connectivity index (χ0v) is 18.0. The number of hydrogen-bond donors (Lipinski definition) is 2. The van der Waals surface area contributed by atoms with Gasteiger partial charge in [-0.2, -0.15) is 0 Å². The number of urea groups is 1. The number of anilines is 1. The third kappa shape index (κ3) is 5.11. The van der Waals surface area contributed by atoms with Crippen LogP contribution in [0.25, 0.3) is 0 Å². The number of ether oxygens (including phenoxy) is 1. The van der Waals surface area contributed by atoms with Crippen LogP contribution in [0.15, 0.2) is 35.5 Å². The van der Waals surface area contributed by atoms with Crippen molar-refractivity contribution in [3.8, 4) is 0 Å². The van der Waals surface area contributed by atoms with E-state index in [0.29, 0.717) is 17.7 Å². The molecule has 0 radical (unpaired) electrons. The number of nitrogens with zero attached hydrogens (tertiary/aromatic N) is 1. The molecule has 2 aliphatic heterocycles. The number of allylic oxidation sites excluding steroid dienone is 1. The maximum atomic E-state index is 12.8. The maximum absolute atomic E-state index is 12.8. The lowest BCUT2D eigenvalue weighted by Gasteiger charge is -2.33. The van der Waals surface area contributed by atoms with Crippen LogP contribution in [0.5, 0.6) is 0 Å². The van der Waals surface area contributed by atoms with Crippen molar-refractivity contribution >= 4 is 17.7 Å². The Balaban J connectivity index is 1.88. The number of nitrogens with one attached hydrogen (secondary N) is 2. The minimum Gasteiger partial charge on any atom is -0.459 e. The number of amides is 2. The highest BCUT2D eigenvalue weighted by Crippen LogP contribution is 2.31. The standard InChI is InChI=1S/C23H33N3O3/c1-5-6-19-20(22(27)29-15(2)3)21(25-23(28)24-19)17-7-9-18(10-8-17)26-13-11-16(4)12-14-26/h7-10,15-16,21H,5-6,11-14H2,1-4H3,(H2,24,25,28). The number of esters is 1. The Morgan fingerprint density at radius 2 is 1.86 bits per heavy atom. The molecule has 2 amide bonds. The van der Waals surface area contributed by atoms with Crippen LogP contribution in [-0.4, -0.2) is 31.2 Å². The van der Waals surface area contributed by atoms with E-state index in [2.05, 4.69) is 34.6 Å². The van der Waals surface area contributed by atoms with E-state index in [4.69, 9.17) is 4.74 Å². The molecule has 29 heavy (non-hydrogen) atoms. The van der Waals surface area contributed by atoms with Crippen molar-refractivity contribution in [2.24, 2.45) is 5.92 Å². The predicted molar refractivity (Wildman–Crippen MR) is 115 cm³/mol. The largest absolute Gasteiger partial charge is 0.459 e. The van der Waals surface area contributed by atoms with Gasteiger partial charge >= 0.3 is 12.0 Å². The average Bonchev–Trinajstić information content (AvgIpc) is 2.68. The van der Waals surface area contributed by atoms with Crippen molar-refractivity contribution in [2.75, 3.05) is 18.0 Å². The van der Waals surface area contributed by atoms with E-state index in [1.54, 1.807) is 0 Å². The lowest BCUT2D eigenvalue weighted by molar-refractivity contribution is -0.143. The molecule has 6 heteroatoms. The van der Waals surface area contributed by atoms with Gasteiger partial charge in [0.05, 0.1) is 17.7 Å². The Kier molecular flexibility index (Phi) is 6.83. The Labute approximate surface area is 173 Å². The van der Waals surface area contributed by atoms with Crippen molar-refractivity contribution in [1.82, 2.24) is 10.6 Å². The lowest BCUT2D eigenvalue weighted by atomic mass is 9.93. The van der Waals surface area contributed by atoms with Crippen molar-refractivity contribution < 1.29 is 14.3 Å². The normalized spacial score (nSPS) is 20.5. The summed E-state index contributed by atoms with van der Waals surface area (Å²) >= 11 is 0. The van der Waals surface area contributed by atoms with Crippen LogP contribution in [0.3, 0.4) is 0 Å². The quantitative estimate of drug-likeness (QED) is 0.701. The van der Waals surface area contributed by atoms with E-state index < -0.39 is 6.04 Å². The fourth-order valence-corrected chi connectivity index (χ4v) is 3.98. The molecule has 1 fully saturated rings. The van der Waals surface area contributed by atoms with Gasteiger partial charge in [-0.15, -0.1) is 0 Å². The molecule has 0 bridgehead atoms. The van der Waals surface area contributed by atoms with E-state index in [0.717, 1.165) is 31.0 Å². The molecule has 158 valence electrons. The Morgan fingerprint density at radius 1 is 1.21 bits per heavy atom. The summed E-state index contributed by atoms with van der Waals surface area (Å²) in [7, 11) is 0. The summed E-state index contributed by atoms with van der Waals surface area (Å²) < 4.78 is 5.49. The highest BCUT2D eigenvalue weighted by molar-refractivity contribution is 5.95. The first-order chi connectivity index (χ1) is 13.9. The first-order valence-electron chi connectivity index (χ1n) is 10.8. The van der Waals surface area contributed by atoms with E-state index in [9.17, 15) is 9.59 Å². The van der Waals surface area contributed by atoms with Gasteiger partial charge in [0.2, 0.25) is 0 Å². The van der Waals surface area contributed by atoms with Crippen molar-refractivity contribution in [1.29, 1.82) is 0 Å². The van der Waals surface area contributed by atoms with Gasteiger partial charge < -0.3 is 20.3 Å². The van der Waals surface area contributed by atoms with Gasteiger partial charge in [0, 0.05) is 24.5 Å². The molecular weight excluding hydrogens is 366 g/mol. The van der Waals surface area contributed by atoms with Gasteiger partial charge in [0.25, 0.3) is 0 Å². The predicted octanol–water partition coefficient (Wildman–Crippen LogP) is 4.28. The molecule has 6 nitrogen and oxygen atoms in total. The molecule has 2 aliphatic rings. The number of benzene rings is 1. The molecule has 1 atom stereocenters. The fraction of sp³-hybridized carbons (Fsp3) is 0.565. The Hall–Kier alpha value is -2.50. The number of piperidine rings is 1. The summed E-state index contributed by atoms with van der Waals surface area (Å²) in [6.07, 6.45) is 3.64. The summed E-state index contributed by atoms with van der Waals surface area (Å²) in [5.41, 5.74) is 3.23. The molecule has 0 spiro atoms. The molecule has 0 aromatic heterocycles. The van der Waals surface area contributed by atoms with Gasteiger partial charge in [-0.05, 0) is 56.7 Å². The van der Waals surface area contributed by atoms with Gasteiger partial charge in [-0.25, -0.2) is 9.59 Å². The Morgan fingerprint density at radius 3 is 2.45 bits per heavy atom. The monoisotopic (exact) mass is 399 g/mol. The molecular formula is C23H33N3O3. The van der Waals surface area contributed by atoms with E-state index >= 15 is 0 Å². The van der Waals surface area contributed by atoms with Gasteiger partial charge in [-0.3, -0.25) is 0 Å². The topological polar surface area (TPSA) is 70.7 Å². The third-order valence-electron chi connectivity index (χ3n) is 5.59. The molecule has 1 saturated heterocycles. The summed E-state index contributed by atoms with van der Waals surface area (Å²) in [4.78, 5) is 27.5. The highest BCUT2D eigenvalue weighted by Gasteiger charge is 2.33. The molecule has 1 aromatic carbocycles. The summed E-state index contributed by atoms with van der Waals surface area (Å²) in [6.45, 7) is 10.1. The number of carbonyl (C=O) groups excluding carboxylic acids is 2. The third-order valence-corrected chi connectivity index (χ3v) is 5.59. The second kappa shape index (κ2) is 9.33.